The molecule has 1 saturated heterocycles. The van der Waals surface area contributed by atoms with Crippen LogP contribution in [0, 0.1) is 18.3 Å². The smallest absolute Gasteiger partial charge is 0.137 e. The van der Waals surface area contributed by atoms with Crippen molar-refractivity contribution in [3.05, 3.63) is 65.4 Å². The summed E-state index contributed by atoms with van der Waals surface area (Å²) in [6, 6.07) is 18.1. The number of ether oxygens (including phenoxy) is 1. The molecular formula is C24H25N3O. The number of aromatic nitrogens is 1. The Morgan fingerprint density at radius 2 is 1.82 bits per heavy atom. The van der Waals surface area contributed by atoms with Gasteiger partial charge in [0.1, 0.15) is 18.4 Å². The molecule has 0 unspecified atom stereocenters. The highest BCUT2D eigenvalue weighted by Gasteiger charge is 2.14. The lowest BCUT2D eigenvalue weighted by Gasteiger charge is -2.24. The van der Waals surface area contributed by atoms with Crippen LogP contribution in [-0.2, 0) is 6.61 Å². The summed E-state index contributed by atoms with van der Waals surface area (Å²) in [5.41, 5.74) is 4.96. The Balaban J connectivity index is 1.61. The number of nitriles is 1. The number of benzene rings is 2. The topological polar surface area (TPSA) is 49.1 Å². The Morgan fingerprint density at radius 1 is 1.04 bits per heavy atom. The molecule has 2 aromatic carbocycles. The average Bonchev–Trinajstić information content (AvgIpc) is 3.01. The van der Waals surface area contributed by atoms with Crippen LogP contribution in [0.3, 0.4) is 0 Å². The molecule has 4 rings (SSSR count). The number of aryl methyl sites for hydroxylation is 1. The first-order valence-corrected chi connectivity index (χ1v) is 10.0. The Kier molecular flexibility index (Phi) is 5.43. The van der Waals surface area contributed by atoms with E-state index in [1.165, 1.54) is 36.8 Å². The van der Waals surface area contributed by atoms with E-state index < -0.39 is 0 Å². The predicted molar refractivity (Wildman–Crippen MR) is 113 cm³/mol. The summed E-state index contributed by atoms with van der Waals surface area (Å²) in [7, 11) is 0. The van der Waals surface area contributed by atoms with Gasteiger partial charge in [0, 0.05) is 29.9 Å². The maximum atomic E-state index is 9.22. The highest BCUT2D eigenvalue weighted by Crippen LogP contribution is 2.30. The molecule has 1 aromatic heterocycles. The summed E-state index contributed by atoms with van der Waals surface area (Å²) in [6.45, 7) is 4.72. The van der Waals surface area contributed by atoms with Gasteiger partial charge in [0.2, 0.25) is 0 Å². The average molecular weight is 371 g/mol. The van der Waals surface area contributed by atoms with Crippen molar-refractivity contribution in [3.63, 3.8) is 0 Å². The lowest BCUT2D eigenvalue weighted by molar-refractivity contribution is 0.305. The van der Waals surface area contributed by atoms with Crippen molar-refractivity contribution in [2.24, 2.45) is 0 Å². The van der Waals surface area contributed by atoms with E-state index >= 15 is 0 Å². The van der Waals surface area contributed by atoms with Gasteiger partial charge in [0.25, 0.3) is 0 Å². The summed E-state index contributed by atoms with van der Waals surface area (Å²) >= 11 is 0. The van der Waals surface area contributed by atoms with Gasteiger partial charge in [-0.2, -0.15) is 5.26 Å². The largest absolute Gasteiger partial charge is 0.488 e. The SMILES string of the molecule is Cc1cc(N2CCCCCC2)c2ccc(COc3ccccc3C#N)cc2n1. The number of fused-ring (bicyclic) bond motifs is 1. The lowest BCUT2D eigenvalue weighted by Crippen LogP contribution is -2.24. The lowest BCUT2D eigenvalue weighted by atomic mass is 10.1. The Hall–Kier alpha value is -3.06. The molecule has 0 aliphatic carbocycles. The minimum Gasteiger partial charge on any atom is -0.488 e. The third-order valence-electron chi connectivity index (χ3n) is 5.33. The quantitative estimate of drug-likeness (QED) is 0.618. The van der Waals surface area contributed by atoms with Crippen molar-refractivity contribution in [3.8, 4) is 11.8 Å². The first-order chi connectivity index (χ1) is 13.7. The second-order valence-corrected chi connectivity index (χ2v) is 7.43. The number of anilines is 1. The third-order valence-corrected chi connectivity index (χ3v) is 5.33. The van der Waals surface area contributed by atoms with Crippen LogP contribution >= 0.6 is 0 Å². The molecule has 1 aliphatic heterocycles. The second-order valence-electron chi connectivity index (χ2n) is 7.43. The Labute approximate surface area is 166 Å². The number of para-hydroxylation sites is 1. The number of pyridine rings is 1. The van der Waals surface area contributed by atoms with Gasteiger partial charge >= 0.3 is 0 Å². The molecule has 1 fully saturated rings. The fourth-order valence-corrected chi connectivity index (χ4v) is 3.89. The molecule has 4 heteroatoms. The molecule has 3 aromatic rings. The molecule has 4 nitrogen and oxygen atoms in total. The molecule has 0 atom stereocenters. The van der Waals surface area contributed by atoms with E-state index in [-0.39, 0.29) is 0 Å². The van der Waals surface area contributed by atoms with E-state index in [4.69, 9.17) is 9.72 Å². The Morgan fingerprint density at radius 3 is 2.61 bits per heavy atom. The molecule has 2 heterocycles. The standard InChI is InChI=1S/C24H25N3O/c1-18-14-23(27-12-6-2-3-7-13-27)21-11-10-19(15-22(21)26-18)17-28-24-9-5-4-8-20(24)16-25/h4-5,8-11,14-15H,2-3,6-7,12-13,17H2,1H3. The summed E-state index contributed by atoms with van der Waals surface area (Å²) in [5.74, 6) is 0.618. The van der Waals surface area contributed by atoms with Crippen molar-refractivity contribution in [2.45, 2.75) is 39.2 Å². The van der Waals surface area contributed by atoms with E-state index in [9.17, 15) is 5.26 Å². The third kappa shape index (κ3) is 3.94. The molecular weight excluding hydrogens is 346 g/mol. The van der Waals surface area contributed by atoms with E-state index in [0.717, 1.165) is 29.9 Å². The normalized spacial score (nSPS) is 14.5. The maximum Gasteiger partial charge on any atom is 0.137 e. The molecule has 0 amide bonds. The van der Waals surface area contributed by atoms with Crippen LogP contribution in [-0.4, -0.2) is 18.1 Å². The number of rotatable bonds is 4. The summed E-state index contributed by atoms with van der Waals surface area (Å²) in [4.78, 5) is 7.29. The zero-order valence-corrected chi connectivity index (χ0v) is 16.3. The summed E-state index contributed by atoms with van der Waals surface area (Å²) < 4.78 is 5.90. The van der Waals surface area contributed by atoms with E-state index in [2.05, 4.69) is 42.2 Å². The molecule has 0 N–H and O–H groups in total. The molecule has 0 radical (unpaired) electrons. The van der Waals surface area contributed by atoms with Crippen molar-refractivity contribution in [1.29, 1.82) is 5.26 Å². The van der Waals surface area contributed by atoms with Gasteiger partial charge in [-0.3, -0.25) is 4.98 Å². The molecule has 0 spiro atoms. The van der Waals surface area contributed by atoms with Crippen LogP contribution in [0.4, 0.5) is 5.69 Å². The molecule has 28 heavy (non-hydrogen) atoms. The van der Waals surface area contributed by atoms with Gasteiger partial charge < -0.3 is 9.64 Å². The zero-order chi connectivity index (χ0) is 19.3. The summed E-state index contributed by atoms with van der Waals surface area (Å²) in [5, 5.41) is 10.4. The van der Waals surface area contributed by atoms with E-state index in [1.807, 2.05) is 18.2 Å². The van der Waals surface area contributed by atoms with Crippen molar-refractivity contribution < 1.29 is 4.74 Å². The van der Waals surface area contributed by atoms with Crippen LogP contribution in [0.5, 0.6) is 5.75 Å². The van der Waals surface area contributed by atoms with Crippen LogP contribution < -0.4 is 9.64 Å². The molecule has 142 valence electrons. The minimum absolute atomic E-state index is 0.420. The second kappa shape index (κ2) is 8.31. The van der Waals surface area contributed by atoms with Gasteiger partial charge in [-0.15, -0.1) is 0 Å². The van der Waals surface area contributed by atoms with Crippen molar-refractivity contribution in [2.75, 3.05) is 18.0 Å². The first kappa shape index (κ1) is 18.3. The van der Waals surface area contributed by atoms with Gasteiger partial charge in [-0.05, 0) is 49.6 Å². The zero-order valence-electron chi connectivity index (χ0n) is 16.3. The van der Waals surface area contributed by atoms with Crippen LogP contribution in [0.1, 0.15) is 42.5 Å². The monoisotopic (exact) mass is 371 g/mol. The molecule has 0 saturated carbocycles. The van der Waals surface area contributed by atoms with E-state index in [0.29, 0.717) is 17.9 Å². The van der Waals surface area contributed by atoms with Crippen LogP contribution in [0.25, 0.3) is 10.9 Å². The fraction of sp³-hybridized carbons (Fsp3) is 0.333. The van der Waals surface area contributed by atoms with Crippen molar-refractivity contribution >= 4 is 16.6 Å². The Bertz CT molecular complexity index is 1010. The van der Waals surface area contributed by atoms with Gasteiger partial charge in [-0.25, -0.2) is 0 Å². The van der Waals surface area contributed by atoms with Gasteiger partial charge in [0.15, 0.2) is 0 Å². The summed E-state index contributed by atoms with van der Waals surface area (Å²) in [6.07, 6.45) is 5.16. The number of hydrogen-bond donors (Lipinski definition) is 0. The van der Waals surface area contributed by atoms with Crippen LogP contribution in [0.15, 0.2) is 48.5 Å². The molecule has 0 bridgehead atoms. The molecule has 1 aliphatic rings. The van der Waals surface area contributed by atoms with Crippen LogP contribution in [0.2, 0.25) is 0 Å². The fourth-order valence-electron chi connectivity index (χ4n) is 3.89. The highest BCUT2D eigenvalue weighted by atomic mass is 16.5. The number of hydrogen-bond acceptors (Lipinski definition) is 4. The van der Waals surface area contributed by atoms with E-state index in [1.54, 1.807) is 6.07 Å². The van der Waals surface area contributed by atoms with Gasteiger partial charge in [-0.1, -0.05) is 37.1 Å². The predicted octanol–water partition coefficient (Wildman–Crippen LogP) is 5.37. The minimum atomic E-state index is 0.420. The van der Waals surface area contributed by atoms with Crippen molar-refractivity contribution in [1.82, 2.24) is 4.98 Å². The highest BCUT2D eigenvalue weighted by molar-refractivity contribution is 5.92. The number of nitrogens with zero attached hydrogens (tertiary/aromatic N) is 3. The first-order valence-electron chi connectivity index (χ1n) is 10.0. The van der Waals surface area contributed by atoms with Gasteiger partial charge in [0.05, 0.1) is 11.1 Å². The maximum absolute atomic E-state index is 9.22.